The van der Waals surface area contributed by atoms with Crippen molar-refractivity contribution in [3.05, 3.63) is 12.2 Å². The zero-order valence-electron chi connectivity index (χ0n) is 8.40. The van der Waals surface area contributed by atoms with Crippen LogP contribution in [0.5, 0.6) is 0 Å². The highest BCUT2D eigenvalue weighted by molar-refractivity contribution is 4.84. The third kappa shape index (κ3) is 3.14. The molecule has 0 aromatic carbocycles. The lowest BCUT2D eigenvalue weighted by Crippen LogP contribution is -2.20. The first kappa shape index (κ1) is 10.2. The maximum atomic E-state index is 5.89. The largest absolute Gasteiger partial charge is 0.328 e. The van der Waals surface area contributed by atoms with Crippen molar-refractivity contribution in [1.82, 2.24) is 14.8 Å². The van der Waals surface area contributed by atoms with E-state index >= 15 is 0 Å². The Morgan fingerprint density at radius 3 is 2.85 bits per heavy atom. The van der Waals surface area contributed by atoms with E-state index in [1.165, 1.54) is 0 Å². The zero-order chi connectivity index (χ0) is 9.68. The minimum Gasteiger partial charge on any atom is -0.328 e. The van der Waals surface area contributed by atoms with Crippen LogP contribution in [-0.2, 0) is 13.5 Å². The van der Waals surface area contributed by atoms with Gasteiger partial charge in [0, 0.05) is 19.5 Å². The van der Waals surface area contributed by atoms with Crippen molar-refractivity contribution < 1.29 is 0 Å². The topological polar surface area (TPSA) is 56.7 Å². The van der Waals surface area contributed by atoms with Crippen LogP contribution in [0.25, 0.3) is 0 Å². The lowest BCUT2D eigenvalue weighted by Gasteiger charge is -2.08. The molecule has 1 heterocycles. The van der Waals surface area contributed by atoms with Gasteiger partial charge in [0.1, 0.15) is 12.2 Å². The summed E-state index contributed by atoms with van der Waals surface area (Å²) in [6, 6.07) is 0.307. The zero-order valence-corrected chi connectivity index (χ0v) is 8.40. The van der Waals surface area contributed by atoms with Gasteiger partial charge in [0.25, 0.3) is 0 Å². The number of aromatic nitrogens is 3. The van der Waals surface area contributed by atoms with Crippen LogP contribution in [0.2, 0.25) is 0 Å². The molecule has 0 aliphatic carbocycles. The van der Waals surface area contributed by atoms with Crippen molar-refractivity contribution in [1.29, 1.82) is 0 Å². The number of hydrogen-bond acceptors (Lipinski definition) is 3. The molecule has 0 bridgehead atoms. The molecule has 74 valence electrons. The van der Waals surface area contributed by atoms with Crippen LogP contribution in [0.15, 0.2) is 6.33 Å². The van der Waals surface area contributed by atoms with Crippen LogP contribution < -0.4 is 5.73 Å². The first-order valence-electron chi connectivity index (χ1n) is 4.82. The van der Waals surface area contributed by atoms with E-state index in [0.717, 1.165) is 31.5 Å². The van der Waals surface area contributed by atoms with Crippen LogP contribution in [0.4, 0.5) is 0 Å². The molecule has 2 N–H and O–H groups in total. The molecule has 1 unspecified atom stereocenters. The van der Waals surface area contributed by atoms with Gasteiger partial charge in [-0.05, 0) is 12.8 Å². The Hall–Kier alpha value is -0.900. The Labute approximate surface area is 79.2 Å². The van der Waals surface area contributed by atoms with Crippen LogP contribution in [0, 0.1) is 0 Å². The molecular formula is C9H18N4. The van der Waals surface area contributed by atoms with E-state index in [1.807, 2.05) is 7.05 Å². The second-order valence-electron chi connectivity index (χ2n) is 3.39. The van der Waals surface area contributed by atoms with Crippen molar-refractivity contribution >= 4 is 0 Å². The third-order valence-corrected chi connectivity index (χ3v) is 2.20. The lowest BCUT2D eigenvalue weighted by atomic mass is 10.1. The molecule has 1 atom stereocenters. The molecule has 0 saturated heterocycles. The quantitative estimate of drug-likeness (QED) is 0.735. The van der Waals surface area contributed by atoms with E-state index in [9.17, 15) is 0 Å². The molecular weight excluding hydrogens is 164 g/mol. The standard InChI is InChI=1S/C9H18N4/c1-3-4-8(10)5-6-9-11-7-12-13(9)2/h7-8H,3-6,10H2,1-2H3. The van der Waals surface area contributed by atoms with Gasteiger partial charge in [0.05, 0.1) is 0 Å². The van der Waals surface area contributed by atoms with Crippen molar-refractivity contribution in [2.24, 2.45) is 12.8 Å². The SMILES string of the molecule is CCCC(N)CCc1ncnn1C. The lowest BCUT2D eigenvalue weighted by molar-refractivity contribution is 0.542. The van der Waals surface area contributed by atoms with E-state index in [0.29, 0.717) is 6.04 Å². The molecule has 1 aromatic rings. The highest BCUT2D eigenvalue weighted by Crippen LogP contribution is 2.03. The van der Waals surface area contributed by atoms with Gasteiger partial charge in [-0.2, -0.15) is 5.10 Å². The summed E-state index contributed by atoms with van der Waals surface area (Å²) >= 11 is 0. The minimum atomic E-state index is 0.307. The fourth-order valence-electron chi connectivity index (χ4n) is 1.38. The molecule has 0 aliphatic rings. The highest BCUT2D eigenvalue weighted by atomic mass is 15.3. The summed E-state index contributed by atoms with van der Waals surface area (Å²) in [7, 11) is 1.91. The fraction of sp³-hybridized carbons (Fsp3) is 0.778. The Bertz CT molecular complexity index is 244. The number of nitrogens with two attached hydrogens (primary N) is 1. The van der Waals surface area contributed by atoms with Gasteiger partial charge in [0.2, 0.25) is 0 Å². The molecule has 4 nitrogen and oxygen atoms in total. The van der Waals surface area contributed by atoms with Gasteiger partial charge in [-0.25, -0.2) is 4.98 Å². The van der Waals surface area contributed by atoms with Crippen LogP contribution in [0.3, 0.4) is 0 Å². The molecule has 0 radical (unpaired) electrons. The van der Waals surface area contributed by atoms with Crippen LogP contribution >= 0.6 is 0 Å². The van der Waals surface area contributed by atoms with Crippen molar-refractivity contribution in [2.45, 2.75) is 38.6 Å². The van der Waals surface area contributed by atoms with E-state index in [4.69, 9.17) is 5.73 Å². The first-order valence-corrected chi connectivity index (χ1v) is 4.82. The number of aryl methyl sites for hydroxylation is 2. The second-order valence-corrected chi connectivity index (χ2v) is 3.39. The van der Waals surface area contributed by atoms with E-state index < -0.39 is 0 Å². The number of hydrogen-bond donors (Lipinski definition) is 1. The molecule has 4 heteroatoms. The summed E-state index contributed by atoms with van der Waals surface area (Å²) in [4.78, 5) is 4.14. The van der Waals surface area contributed by atoms with E-state index in [1.54, 1.807) is 11.0 Å². The van der Waals surface area contributed by atoms with E-state index in [-0.39, 0.29) is 0 Å². The summed E-state index contributed by atoms with van der Waals surface area (Å²) in [5.41, 5.74) is 5.89. The van der Waals surface area contributed by atoms with Crippen molar-refractivity contribution in [2.75, 3.05) is 0 Å². The molecule has 1 rings (SSSR count). The van der Waals surface area contributed by atoms with Gasteiger partial charge in [-0.3, -0.25) is 4.68 Å². The summed E-state index contributed by atoms with van der Waals surface area (Å²) in [6.07, 6.45) is 5.76. The predicted octanol–water partition coefficient (Wildman–Crippen LogP) is 0.875. The summed E-state index contributed by atoms with van der Waals surface area (Å²) in [6.45, 7) is 2.15. The van der Waals surface area contributed by atoms with Crippen LogP contribution in [0.1, 0.15) is 32.0 Å². The monoisotopic (exact) mass is 182 g/mol. The summed E-state index contributed by atoms with van der Waals surface area (Å²) in [5.74, 6) is 1.02. The Morgan fingerprint density at radius 2 is 2.31 bits per heavy atom. The van der Waals surface area contributed by atoms with Crippen molar-refractivity contribution in [3.8, 4) is 0 Å². The summed E-state index contributed by atoms with van der Waals surface area (Å²) in [5, 5.41) is 4.01. The second kappa shape index (κ2) is 4.97. The first-order chi connectivity index (χ1) is 6.24. The van der Waals surface area contributed by atoms with Crippen LogP contribution in [-0.4, -0.2) is 20.8 Å². The van der Waals surface area contributed by atoms with Gasteiger partial charge in [-0.15, -0.1) is 0 Å². The molecule has 0 amide bonds. The molecule has 13 heavy (non-hydrogen) atoms. The molecule has 0 saturated carbocycles. The predicted molar refractivity (Wildman–Crippen MR) is 52.2 cm³/mol. The fourth-order valence-corrected chi connectivity index (χ4v) is 1.38. The van der Waals surface area contributed by atoms with Crippen molar-refractivity contribution in [3.63, 3.8) is 0 Å². The maximum Gasteiger partial charge on any atom is 0.138 e. The Morgan fingerprint density at radius 1 is 1.54 bits per heavy atom. The number of rotatable bonds is 5. The number of nitrogens with zero attached hydrogens (tertiary/aromatic N) is 3. The smallest absolute Gasteiger partial charge is 0.138 e. The van der Waals surface area contributed by atoms with Gasteiger partial charge >= 0.3 is 0 Å². The highest BCUT2D eigenvalue weighted by Gasteiger charge is 2.04. The normalized spacial score (nSPS) is 13.2. The molecule has 0 fully saturated rings. The minimum absolute atomic E-state index is 0.307. The Balaban J connectivity index is 2.30. The third-order valence-electron chi connectivity index (χ3n) is 2.20. The van der Waals surface area contributed by atoms with Gasteiger partial charge in [0.15, 0.2) is 0 Å². The molecule has 0 spiro atoms. The molecule has 1 aromatic heterocycles. The van der Waals surface area contributed by atoms with Gasteiger partial charge < -0.3 is 5.73 Å². The Kier molecular flexibility index (Phi) is 3.89. The van der Waals surface area contributed by atoms with E-state index in [2.05, 4.69) is 17.0 Å². The maximum absolute atomic E-state index is 5.89. The average Bonchev–Trinajstić information content (AvgIpc) is 2.48. The average molecular weight is 182 g/mol. The van der Waals surface area contributed by atoms with Gasteiger partial charge in [-0.1, -0.05) is 13.3 Å². The summed E-state index contributed by atoms with van der Waals surface area (Å²) < 4.78 is 1.80. The molecule has 0 aliphatic heterocycles.